The van der Waals surface area contributed by atoms with E-state index in [-0.39, 0.29) is 5.91 Å². The van der Waals surface area contributed by atoms with Gasteiger partial charge in [-0.2, -0.15) is 0 Å². The lowest BCUT2D eigenvalue weighted by Crippen LogP contribution is -2.21. The van der Waals surface area contributed by atoms with Gasteiger partial charge in [-0.05, 0) is 42.3 Å². The fourth-order valence-corrected chi connectivity index (χ4v) is 2.65. The van der Waals surface area contributed by atoms with Gasteiger partial charge in [-0.15, -0.1) is 0 Å². The van der Waals surface area contributed by atoms with Crippen molar-refractivity contribution in [2.24, 2.45) is 5.73 Å². The number of nitrogen functional groups attached to an aromatic ring is 1. The first-order valence-electron chi connectivity index (χ1n) is 6.70. The van der Waals surface area contributed by atoms with E-state index < -0.39 is 0 Å². The van der Waals surface area contributed by atoms with E-state index >= 15 is 0 Å². The molecule has 0 saturated heterocycles. The van der Waals surface area contributed by atoms with Gasteiger partial charge in [0.25, 0.3) is 0 Å². The minimum absolute atomic E-state index is 0.0581. The summed E-state index contributed by atoms with van der Waals surface area (Å²) in [5, 5.41) is 0. The summed E-state index contributed by atoms with van der Waals surface area (Å²) >= 11 is 0. The van der Waals surface area contributed by atoms with Gasteiger partial charge in [-0.3, -0.25) is 9.69 Å². The number of nitrogens with two attached hydrogens (primary N) is 2. The van der Waals surface area contributed by atoms with Gasteiger partial charge >= 0.3 is 0 Å². The number of carbonyl (C=O) groups excluding carboxylic acids is 1. The van der Waals surface area contributed by atoms with E-state index in [1.54, 1.807) is 4.90 Å². The number of hydrogen-bond donors (Lipinski definition) is 2. The SMILES string of the molecule is NCCc1ccc2c(c1)CC(=O)N2c1ccccc1N. The van der Waals surface area contributed by atoms with E-state index in [4.69, 9.17) is 11.5 Å². The summed E-state index contributed by atoms with van der Waals surface area (Å²) in [6.07, 6.45) is 1.25. The highest BCUT2D eigenvalue weighted by atomic mass is 16.2. The van der Waals surface area contributed by atoms with Crippen LogP contribution in [0.15, 0.2) is 42.5 Å². The molecule has 0 aromatic heterocycles. The maximum Gasteiger partial charge on any atom is 0.236 e. The van der Waals surface area contributed by atoms with Gasteiger partial charge in [-0.25, -0.2) is 0 Å². The highest BCUT2D eigenvalue weighted by Gasteiger charge is 2.29. The fraction of sp³-hybridized carbons (Fsp3) is 0.188. The molecule has 3 rings (SSSR count). The number of fused-ring (bicyclic) bond motifs is 1. The Morgan fingerprint density at radius 1 is 1.10 bits per heavy atom. The normalized spacial score (nSPS) is 13.7. The van der Waals surface area contributed by atoms with Crippen molar-refractivity contribution in [2.75, 3.05) is 17.2 Å². The number of carbonyl (C=O) groups is 1. The monoisotopic (exact) mass is 267 g/mol. The minimum atomic E-state index is 0.0581. The Morgan fingerprint density at radius 3 is 2.65 bits per heavy atom. The Kier molecular flexibility index (Phi) is 3.16. The Labute approximate surface area is 118 Å². The van der Waals surface area contributed by atoms with Crippen molar-refractivity contribution >= 4 is 23.0 Å². The predicted molar refractivity (Wildman–Crippen MR) is 80.9 cm³/mol. The van der Waals surface area contributed by atoms with Crippen molar-refractivity contribution < 1.29 is 4.79 Å². The molecule has 0 bridgehead atoms. The lowest BCUT2D eigenvalue weighted by molar-refractivity contribution is -0.116. The first-order chi connectivity index (χ1) is 9.70. The van der Waals surface area contributed by atoms with Crippen LogP contribution in [0.1, 0.15) is 11.1 Å². The first kappa shape index (κ1) is 12.7. The molecule has 4 heteroatoms. The number of anilines is 3. The summed E-state index contributed by atoms with van der Waals surface area (Å²) < 4.78 is 0. The van der Waals surface area contributed by atoms with Gasteiger partial charge in [0.1, 0.15) is 0 Å². The molecule has 0 atom stereocenters. The van der Waals surface area contributed by atoms with Crippen LogP contribution in [0, 0.1) is 0 Å². The van der Waals surface area contributed by atoms with Crippen LogP contribution in [0.5, 0.6) is 0 Å². The van der Waals surface area contributed by atoms with Crippen LogP contribution < -0.4 is 16.4 Å². The Morgan fingerprint density at radius 2 is 1.90 bits per heavy atom. The summed E-state index contributed by atoms with van der Waals surface area (Å²) in [7, 11) is 0. The smallest absolute Gasteiger partial charge is 0.236 e. The second kappa shape index (κ2) is 4.98. The molecule has 102 valence electrons. The Hall–Kier alpha value is -2.33. The molecule has 4 nitrogen and oxygen atoms in total. The van der Waals surface area contributed by atoms with Gasteiger partial charge in [0.15, 0.2) is 0 Å². The second-order valence-electron chi connectivity index (χ2n) is 4.97. The van der Waals surface area contributed by atoms with Gasteiger partial charge < -0.3 is 11.5 Å². The van der Waals surface area contributed by atoms with Gasteiger partial charge in [0.2, 0.25) is 5.91 Å². The minimum Gasteiger partial charge on any atom is -0.397 e. The standard InChI is InChI=1S/C16H17N3O/c17-8-7-11-5-6-14-12(9-11)10-16(20)19(14)15-4-2-1-3-13(15)18/h1-6,9H,7-8,10,17-18H2. The predicted octanol–water partition coefficient (Wildman–Crippen LogP) is 1.99. The average molecular weight is 267 g/mol. The van der Waals surface area contributed by atoms with Crippen molar-refractivity contribution in [2.45, 2.75) is 12.8 Å². The van der Waals surface area contributed by atoms with Crippen molar-refractivity contribution in [1.29, 1.82) is 0 Å². The molecule has 20 heavy (non-hydrogen) atoms. The first-order valence-corrected chi connectivity index (χ1v) is 6.70. The van der Waals surface area contributed by atoms with Crippen molar-refractivity contribution in [3.63, 3.8) is 0 Å². The molecule has 1 aliphatic rings. The lowest BCUT2D eigenvalue weighted by Gasteiger charge is -2.19. The van der Waals surface area contributed by atoms with E-state index in [1.807, 2.05) is 36.4 Å². The molecular weight excluding hydrogens is 250 g/mol. The number of rotatable bonds is 3. The zero-order valence-corrected chi connectivity index (χ0v) is 11.2. The van der Waals surface area contributed by atoms with E-state index in [2.05, 4.69) is 6.07 Å². The molecule has 4 N–H and O–H groups in total. The molecule has 2 aromatic carbocycles. The van der Waals surface area contributed by atoms with Crippen molar-refractivity contribution in [3.05, 3.63) is 53.6 Å². The maximum atomic E-state index is 12.3. The molecule has 0 fully saturated rings. The number of benzene rings is 2. The number of para-hydroxylation sites is 2. The lowest BCUT2D eigenvalue weighted by atomic mass is 10.1. The molecule has 2 aromatic rings. The van der Waals surface area contributed by atoms with Crippen molar-refractivity contribution in [1.82, 2.24) is 0 Å². The van der Waals surface area contributed by atoms with Crippen LogP contribution in [0.25, 0.3) is 0 Å². The molecule has 0 saturated carbocycles. The van der Waals surface area contributed by atoms with Crippen LogP contribution in [0.3, 0.4) is 0 Å². The molecule has 1 aliphatic heterocycles. The summed E-state index contributed by atoms with van der Waals surface area (Å²) in [5.74, 6) is 0.0581. The van der Waals surface area contributed by atoms with E-state index in [9.17, 15) is 4.79 Å². The maximum absolute atomic E-state index is 12.3. The van der Waals surface area contributed by atoms with E-state index in [1.165, 1.54) is 5.56 Å². The third kappa shape index (κ3) is 2.04. The zero-order chi connectivity index (χ0) is 14.1. The summed E-state index contributed by atoms with van der Waals surface area (Å²) in [5.41, 5.74) is 16.1. The van der Waals surface area contributed by atoms with Gasteiger partial charge in [0, 0.05) is 0 Å². The molecule has 0 unspecified atom stereocenters. The van der Waals surface area contributed by atoms with Crippen LogP contribution >= 0.6 is 0 Å². The topological polar surface area (TPSA) is 72.4 Å². The Balaban J connectivity index is 2.05. The largest absolute Gasteiger partial charge is 0.397 e. The van der Waals surface area contributed by atoms with Crippen LogP contribution in [-0.2, 0) is 17.6 Å². The number of nitrogens with zero attached hydrogens (tertiary/aromatic N) is 1. The molecule has 0 spiro atoms. The average Bonchev–Trinajstić information content (AvgIpc) is 2.75. The molecular formula is C16H17N3O. The zero-order valence-electron chi connectivity index (χ0n) is 11.2. The van der Waals surface area contributed by atoms with Crippen LogP contribution in [0.2, 0.25) is 0 Å². The number of hydrogen-bond acceptors (Lipinski definition) is 3. The summed E-state index contributed by atoms with van der Waals surface area (Å²) in [6.45, 7) is 0.613. The van der Waals surface area contributed by atoms with Crippen LogP contribution in [-0.4, -0.2) is 12.5 Å². The van der Waals surface area contributed by atoms with Gasteiger partial charge in [0.05, 0.1) is 23.5 Å². The molecule has 1 heterocycles. The third-order valence-corrected chi connectivity index (χ3v) is 3.59. The fourth-order valence-electron chi connectivity index (χ4n) is 2.65. The highest BCUT2D eigenvalue weighted by molar-refractivity contribution is 6.09. The quantitative estimate of drug-likeness (QED) is 0.835. The molecule has 0 radical (unpaired) electrons. The molecule has 1 amide bonds. The van der Waals surface area contributed by atoms with Crippen molar-refractivity contribution in [3.8, 4) is 0 Å². The molecule has 0 aliphatic carbocycles. The number of amides is 1. The second-order valence-corrected chi connectivity index (χ2v) is 4.97. The third-order valence-electron chi connectivity index (χ3n) is 3.59. The summed E-state index contributed by atoms with van der Waals surface area (Å²) in [4.78, 5) is 14.0. The van der Waals surface area contributed by atoms with E-state index in [0.29, 0.717) is 18.7 Å². The van der Waals surface area contributed by atoms with Crippen LogP contribution in [0.4, 0.5) is 17.1 Å². The van der Waals surface area contributed by atoms with Gasteiger partial charge in [-0.1, -0.05) is 24.3 Å². The highest BCUT2D eigenvalue weighted by Crippen LogP contribution is 2.38. The van der Waals surface area contributed by atoms with E-state index in [0.717, 1.165) is 23.4 Å². The summed E-state index contributed by atoms with van der Waals surface area (Å²) in [6, 6.07) is 13.5. The Bertz CT molecular complexity index is 667.